The second-order valence-corrected chi connectivity index (χ2v) is 7.23. The quantitative estimate of drug-likeness (QED) is 0.359. The molecule has 0 fully saturated rings. The van der Waals surface area contributed by atoms with Crippen LogP contribution in [-0.4, -0.2) is 29.0 Å². The van der Waals surface area contributed by atoms with Gasteiger partial charge in [0.15, 0.2) is 5.75 Å². The highest BCUT2D eigenvalue weighted by Gasteiger charge is 2.25. The predicted molar refractivity (Wildman–Crippen MR) is 123 cm³/mol. The summed E-state index contributed by atoms with van der Waals surface area (Å²) < 4.78 is 0. The Morgan fingerprint density at radius 3 is 2.19 bits per heavy atom. The fourth-order valence-electron chi connectivity index (χ4n) is 3.56. The van der Waals surface area contributed by atoms with E-state index in [9.17, 15) is 19.5 Å². The molecule has 3 rings (SSSR count). The van der Waals surface area contributed by atoms with Crippen molar-refractivity contribution in [2.45, 2.75) is 33.2 Å². The van der Waals surface area contributed by atoms with E-state index in [0.29, 0.717) is 19.5 Å². The first-order valence-corrected chi connectivity index (χ1v) is 10.5. The Balaban J connectivity index is 1.89. The third-order valence-corrected chi connectivity index (χ3v) is 5.42. The Kier molecular flexibility index (Phi) is 6.74. The van der Waals surface area contributed by atoms with Gasteiger partial charge in [-0.3, -0.25) is 14.4 Å². The number of carbonyl (C=O) groups excluding carboxylic acids is 1. The molecule has 0 saturated carbocycles. The van der Waals surface area contributed by atoms with E-state index in [1.807, 2.05) is 51.1 Å². The minimum atomic E-state index is -0.662. The number of anilines is 3. The minimum absolute atomic E-state index is 0.0853. The lowest BCUT2D eigenvalue weighted by Gasteiger charge is -2.23. The molecule has 0 radical (unpaired) electrons. The molecule has 0 heterocycles. The first kappa shape index (κ1) is 22.1. The zero-order valence-corrected chi connectivity index (χ0v) is 17.9. The molecule has 0 unspecified atom stereocenters. The summed E-state index contributed by atoms with van der Waals surface area (Å²) >= 11 is 0. The number of phenolic OH excluding ortho intramolecular Hbond substituents is 1. The molecule has 0 aliphatic rings. The van der Waals surface area contributed by atoms with Crippen molar-refractivity contribution in [3.05, 3.63) is 80.1 Å². The van der Waals surface area contributed by atoms with Crippen molar-refractivity contribution in [2.75, 3.05) is 23.7 Å². The molecule has 0 aromatic heterocycles. The fraction of sp³-hybridized carbons (Fsp3) is 0.292. The predicted octanol–water partition coefficient (Wildman–Crippen LogP) is 3.78. The molecule has 31 heavy (non-hydrogen) atoms. The maximum atomic E-state index is 12.7. The number of nitrogens with one attached hydrogen (secondary N) is 2. The van der Waals surface area contributed by atoms with Crippen LogP contribution in [0.3, 0.4) is 0 Å². The summed E-state index contributed by atoms with van der Waals surface area (Å²) in [6.07, 6.45) is 0.710. The number of aromatic hydroxyl groups is 1. The molecule has 162 valence electrons. The summed E-state index contributed by atoms with van der Waals surface area (Å²) in [7, 11) is 0. The van der Waals surface area contributed by atoms with E-state index < -0.39 is 10.9 Å². The smallest absolute Gasteiger partial charge is 0.257 e. The summed E-state index contributed by atoms with van der Waals surface area (Å²) in [5, 5.41) is 16.7. The van der Waals surface area contributed by atoms with E-state index in [2.05, 4.69) is 10.6 Å². The van der Waals surface area contributed by atoms with Gasteiger partial charge in [-0.25, -0.2) is 0 Å². The third kappa shape index (κ3) is 4.30. The number of carbonyl (C=O) groups is 1. The summed E-state index contributed by atoms with van der Waals surface area (Å²) in [6.45, 7) is 6.72. The number of phenols is 1. The molecule has 0 aliphatic heterocycles. The molecule has 0 saturated heterocycles. The Bertz CT molecular complexity index is 1130. The topological polar surface area (TPSA) is 98.7 Å². The van der Waals surface area contributed by atoms with Gasteiger partial charge in [0.2, 0.25) is 0 Å². The lowest BCUT2D eigenvalue weighted by atomic mass is 10.0. The average Bonchev–Trinajstić information content (AvgIpc) is 2.80. The molecular formula is C24H27N3O4. The van der Waals surface area contributed by atoms with Crippen LogP contribution in [0.15, 0.2) is 58.1 Å². The Hall–Kier alpha value is -3.61. The third-order valence-electron chi connectivity index (χ3n) is 5.42. The summed E-state index contributed by atoms with van der Waals surface area (Å²) in [6, 6.07) is 14.2. The van der Waals surface area contributed by atoms with Crippen molar-refractivity contribution in [3.8, 4) is 5.75 Å². The second-order valence-electron chi connectivity index (χ2n) is 7.23. The van der Waals surface area contributed by atoms with Crippen molar-refractivity contribution >= 4 is 23.0 Å². The van der Waals surface area contributed by atoms with Gasteiger partial charge >= 0.3 is 0 Å². The van der Waals surface area contributed by atoms with Crippen LogP contribution in [-0.2, 0) is 0 Å². The highest BCUT2D eigenvalue weighted by atomic mass is 16.3. The monoisotopic (exact) mass is 421 g/mol. The van der Waals surface area contributed by atoms with Gasteiger partial charge in [0, 0.05) is 13.1 Å². The van der Waals surface area contributed by atoms with Crippen LogP contribution >= 0.6 is 0 Å². The molecule has 0 aliphatic carbocycles. The van der Waals surface area contributed by atoms with E-state index in [0.717, 1.165) is 5.56 Å². The van der Waals surface area contributed by atoms with E-state index in [4.69, 9.17) is 0 Å². The molecule has 3 N–H and O–H groups in total. The van der Waals surface area contributed by atoms with Gasteiger partial charge in [0.05, 0.1) is 17.3 Å². The normalized spacial score (nSPS) is 11.8. The Morgan fingerprint density at radius 1 is 0.935 bits per heavy atom. The highest BCUT2D eigenvalue weighted by molar-refractivity contribution is 5.99. The maximum Gasteiger partial charge on any atom is 0.257 e. The van der Waals surface area contributed by atoms with Crippen LogP contribution in [0.2, 0.25) is 0 Å². The van der Waals surface area contributed by atoms with Crippen LogP contribution < -0.4 is 21.5 Å². The van der Waals surface area contributed by atoms with Crippen LogP contribution in [0.4, 0.5) is 17.1 Å². The minimum Gasteiger partial charge on any atom is -0.505 e. The van der Waals surface area contributed by atoms with E-state index in [1.165, 1.54) is 6.07 Å². The van der Waals surface area contributed by atoms with Crippen molar-refractivity contribution < 1.29 is 9.90 Å². The number of rotatable bonds is 9. The molecule has 1 atom stereocenters. The zero-order chi connectivity index (χ0) is 22.5. The Morgan fingerprint density at radius 2 is 1.58 bits per heavy atom. The SMILES string of the molecule is CC[C@H](Nc1c(Nc2cccc(C(=O)N(CC)CC)c2O)c(=O)c1=O)c1ccccc1. The number of hydrogen-bond acceptors (Lipinski definition) is 6. The van der Waals surface area contributed by atoms with Gasteiger partial charge in [0.1, 0.15) is 11.4 Å². The lowest BCUT2D eigenvalue weighted by Crippen LogP contribution is -2.37. The van der Waals surface area contributed by atoms with Crippen molar-refractivity contribution in [2.24, 2.45) is 0 Å². The standard InChI is InChI=1S/C24H27N3O4/c1-4-17(15-11-8-7-9-12-15)25-19-20(23(30)22(19)29)26-18-14-10-13-16(21(18)28)24(31)27(5-2)6-3/h7-14,17,25-26,28H,4-6H2,1-3H3/t17-/m0/s1. The number of para-hydroxylation sites is 1. The maximum absolute atomic E-state index is 12.7. The second kappa shape index (κ2) is 9.47. The van der Waals surface area contributed by atoms with Gasteiger partial charge in [-0.05, 0) is 38.0 Å². The van der Waals surface area contributed by atoms with E-state index in [-0.39, 0.29) is 40.3 Å². The van der Waals surface area contributed by atoms with Crippen LogP contribution in [0.25, 0.3) is 0 Å². The highest BCUT2D eigenvalue weighted by Crippen LogP contribution is 2.33. The molecule has 0 spiro atoms. The van der Waals surface area contributed by atoms with Gasteiger partial charge in [-0.1, -0.05) is 43.3 Å². The van der Waals surface area contributed by atoms with Gasteiger partial charge < -0.3 is 20.6 Å². The number of amides is 1. The lowest BCUT2D eigenvalue weighted by molar-refractivity contribution is 0.0770. The van der Waals surface area contributed by atoms with Crippen molar-refractivity contribution in [1.29, 1.82) is 0 Å². The zero-order valence-electron chi connectivity index (χ0n) is 17.9. The molecule has 3 aromatic carbocycles. The number of hydrogen-bond donors (Lipinski definition) is 3. The van der Waals surface area contributed by atoms with Crippen molar-refractivity contribution in [1.82, 2.24) is 4.90 Å². The first-order valence-electron chi connectivity index (χ1n) is 10.5. The van der Waals surface area contributed by atoms with E-state index in [1.54, 1.807) is 17.0 Å². The van der Waals surface area contributed by atoms with E-state index >= 15 is 0 Å². The molecule has 3 aromatic rings. The molecule has 1 amide bonds. The van der Waals surface area contributed by atoms with Crippen LogP contribution in [0, 0.1) is 0 Å². The number of benzene rings is 2. The van der Waals surface area contributed by atoms with Gasteiger partial charge in [-0.15, -0.1) is 0 Å². The summed E-state index contributed by atoms with van der Waals surface area (Å²) in [5.41, 5.74) is 0.330. The summed E-state index contributed by atoms with van der Waals surface area (Å²) in [5.74, 6) is -0.557. The van der Waals surface area contributed by atoms with Crippen LogP contribution in [0.5, 0.6) is 5.75 Å². The van der Waals surface area contributed by atoms with Crippen LogP contribution in [0.1, 0.15) is 49.2 Å². The first-order chi connectivity index (χ1) is 14.9. The Labute approximate surface area is 181 Å². The van der Waals surface area contributed by atoms with Crippen molar-refractivity contribution in [3.63, 3.8) is 0 Å². The molecule has 0 bridgehead atoms. The molecule has 7 nitrogen and oxygen atoms in total. The summed E-state index contributed by atoms with van der Waals surface area (Å²) in [4.78, 5) is 38.7. The van der Waals surface area contributed by atoms with Gasteiger partial charge in [-0.2, -0.15) is 0 Å². The molecule has 7 heteroatoms. The average molecular weight is 421 g/mol. The largest absolute Gasteiger partial charge is 0.505 e. The van der Waals surface area contributed by atoms with Gasteiger partial charge in [0.25, 0.3) is 16.8 Å². The number of nitrogens with zero attached hydrogens (tertiary/aromatic N) is 1. The fourth-order valence-corrected chi connectivity index (χ4v) is 3.56. The molecular weight excluding hydrogens is 394 g/mol.